The second kappa shape index (κ2) is 7.68. The monoisotopic (exact) mass is 353 g/mol. The summed E-state index contributed by atoms with van der Waals surface area (Å²) in [5.41, 5.74) is 0.780. The summed E-state index contributed by atoms with van der Waals surface area (Å²) in [6.07, 6.45) is 5.59. The molecule has 4 nitrogen and oxygen atoms in total. The van der Waals surface area contributed by atoms with Gasteiger partial charge in [0.1, 0.15) is 5.60 Å². The van der Waals surface area contributed by atoms with Crippen LogP contribution in [-0.4, -0.2) is 36.4 Å². The predicted octanol–water partition coefficient (Wildman–Crippen LogP) is 3.92. The number of hydrogen-bond acceptors (Lipinski definition) is 4. The van der Waals surface area contributed by atoms with Gasteiger partial charge in [-0.3, -0.25) is 0 Å². The molecule has 2 aromatic carbocycles. The van der Waals surface area contributed by atoms with E-state index < -0.39 is 5.60 Å². The van der Waals surface area contributed by atoms with Crippen LogP contribution in [0.5, 0.6) is 11.5 Å². The van der Waals surface area contributed by atoms with Crippen molar-refractivity contribution < 1.29 is 14.6 Å². The largest absolute Gasteiger partial charge is 0.454 e. The van der Waals surface area contributed by atoms with E-state index in [4.69, 9.17) is 9.47 Å². The Balaban J connectivity index is 1.55. The summed E-state index contributed by atoms with van der Waals surface area (Å²) in [5.74, 6) is 1.46. The van der Waals surface area contributed by atoms with E-state index in [0.717, 1.165) is 29.8 Å². The molecule has 26 heavy (non-hydrogen) atoms. The van der Waals surface area contributed by atoms with Crippen molar-refractivity contribution in [3.63, 3.8) is 0 Å². The normalized spacial score (nSPS) is 19.3. The Morgan fingerprint density at radius 1 is 0.885 bits per heavy atom. The van der Waals surface area contributed by atoms with Crippen molar-refractivity contribution in [2.24, 2.45) is 0 Å². The minimum absolute atomic E-state index is 0.248. The molecular weight excluding hydrogens is 326 g/mol. The van der Waals surface area contributed by atoms with Gasteiger partial charge in [-0.2, -0.15) is 0 Å². The van der Waals surface area contributed by atoms with Crippen LogP contribution in [0.4, 0.5) is 0 Å². The average molecular weight is 353 g/mol. The molecule has 0 aromatic heterocycles. The molecule has 0 radical (unpaired) electrons. The molecular formula is C22H27NO3. The Hall–Kier alpha value is -2.04. The van der Waals surface area contributed by atoms with Crippen molar-refractivity contribution in [3.05, 3.63) is 59.7 Å². The van der Waals surface area contributed by atoms with Gasteiger partial charge in [-0.1, -0.05) is 42.8 Å². The van der Waals surface area contributed by atoms with E-state index in [9.17, 15) is 5.11 Å². The molecule has 2 aliphatic heterocycles. The Kier molecular flexibility index (Phi) is 5.14. The number of fused-ring (bicyclic) bond motifs is 1. The van der Waals surface area contributed by atoms with Crippen LogP contribution in [0.15, 0.2) is 48.5 Å². The summed E-state index contributed by atoms with van der Waals surface area (Å²) in [6.45, 7) is 3.67. The number of likely N-dealkylation sites (tertiary alicyclic amines) is 1. The Morgan fingerprint density at radius 3 is 2.46 bits per heavy atom. The van der Waals surface area contributed by atoms with Crippen LogP contribution in [-0.2, 0) is 5.60 Å². The van der Waals surface area contributed by atoms with Crippen LogP contribution in [0.2, 0.25) is 0 Å². The highest BCUT2D eigenvalue weighted by molar-refractivity contribution is 5.48. The quantitative estimate of drug-likeness (QED) is 0.855. The van der Waals surface area contributed by atoms with Gasteiger partial charge in [-0.05, 0) is 68.6 Å². The van der Waals surface area contributed by atoms with E-state index in [1.54, 1.807) is 0 Å². The molecule has 0 bridgehead atoms. The third-order valence-electron chi connectivity index (χ3n) is 5.56. The Labute approximate surface area is 155 Å². The highest BCUT2D eigenvalue weighted by atomic mass is 16.7. The number of ether oxygens (including phenoxy) is 2. The number of aliphatic hydroxyl groups is 1. The van der Waals surface area contributed by atoms with Crippen LogP contribution in [0, 0.1) is 0 Å². The number of piperidine rings is 1. The lowest BCUT2D eigenvalue weighted by Crippen LogP contribution is -2.33. The van der Waals surface area contributed by atoms with E-state index in [2.05, 4.69) is 4.90 Å². The molecule has 1 N–H and O–H groups in total. The van der Waals surface area contributed by atoms with Gasteiger partial charge in [0.05, 0.1) is 0 Å². The van der Waals surface area contributed by atoms with Gasteiger partial charge in [0.25, 0.3) is 0 Å². The first-order valence-corrected chi connectivity index (χ1v) is 9.66. The zero-order chi connectivity index (χ0) is 17.8. The Morgan fingerprint density at radius 2 is 1.65 bits per heavy atom. The molecule has 0 spiro atoms. The molecule has 4 rings (SSSR count). The molecule has 2 heterocycles. The van der Waals surface area contributed by atoms with Crippen LogP contribution < -0.4 is 9.47 Å². The molecule has 1 saturated heterocycles. The predicted molar refractivity (Wildman–Crippen MR) is 102 cm³/mol. The lowest BCUT2D eigenvalue weighted by molar-refractivity contribution is 0.0636. The molecule has 1 unspecified atom stereocenters. The lowest BCUT2D eigenvalue weighted by atomic mass is 9.82. The highest BCUT2D eigenvalue weighted by Crippen LogP contribution is 2.40. The zero-order valence-electron chi connectivity index (χ0n) is 15.2. The molecule has 4 heteroatoms. The number of rotatable bonds is 6. The molecule has 0 aliphatic carbocycles. The van der Waals surface area contributed by atoms with E-state index >= 15 is 0 Å². The minimum Gasteiger partial charge on any atom is -0.454 e. The average Bonchev–Trinajstić information content (AvgIpc) is 3.17. The van der Waals surface area contributed by atoms with E-state index in [0.29, 0.717) is 12.2 Å². The summed E-state index contributed by atoms with van der Waals surface area (Å²) in [5, 5.41) is 11.7. The molecule has 138 valence electrons. The van der Waals surface area contributed by atoms with E-state index in [-0.39, 0.29) is 6.79 Å². The molecule has 1 fully saturated rings. The third-order valence-corrected chi connectivity index (χ3v) is 5.56. The summed E-state index contributed by atoms with van der Waals surface area (Å²) in [6, 6.07) is 15.7. The SMILES string of the molecule is OC(CCCN1CCCCC1)(c1ccccc1)c1ccc2c(c1)OCO2. The lowest BCUT2D eigenvalue weighted by Gasteiger charge is -2.32. The van der Waals surface area contributed by atoms with Crippen LogP contribution in [0.3, 0.4) is 0 Å². The van der Waals surface area contributed by atoms with Gasteiger partial charge < -0.3 is 19.5 Å². The number of nitrogens with zero attached hydrogens (tertiary/aromatic N) is 1. The van der Waals surface area contributed by atoms with E-state index in [1.807, 2.05) is 48.5 Å². The van der Waals surface area contributed by atoms with Crippen LogP contribution >= 0.6 is 0 Å². The molecule has 0 saturated carbocycles. The van der Waals surface area contributed by atoms with Gasteiger partial charge in [-0.15, -0.1) is 0 Å². The van der Waals surface area contributed by atoms with Gasteiger partial charge in [0, 0.05) is 0 Å². The van der Waals surface area contributed by atoms with E-state index in [1.165, 1.54) is 32.4 Å². The standard InChI is InChI=1S/C22H27NO3/c24-22(18-8-3-1-4-9-18,12-7-15-23-13-5-2-6-14-23)19-10-11-20-21(16-19)26-17-25-20/h1,3-4,8-11,16,24H,2,5-7,12-15,17H2. The summed E-state index contributed by atoms with van der Waals surface area (Å²) in [4.78, 5) is 2.52. The summed E-state index contributed by atoms with van der Waals surface area (Å²) >= 11 is 0. The molecule has 2 aliphatic rings. The van der Waals surface area contributed by atoms with Gasteiger partial charge in [0.2, 0.25) is 6.79 Å². The number of hydrogen-bond donors (Lipinski definition) is 1. The fourth-order valence-corrected chi connectivity index (χ4v) is 4.06. The van der Waals surface area contributed by atoms with Crippen molar-refractivity contribution in [1.29, 1.82) is 0 Å². The van der Waals surface area contributed by atoms with Crippen molar-refractivity contribution in [3.8, 4) is 11.5 Å². The molecule has 1 atom stereocenters. The first-order valence-electron chi connectivity index (χ1n) is 9.66. The van der Waals surface area contributed by atoms with Gasteiger partial charge in [-0.25, -0.2) is 0 Å². The molecule has 0 amide bonds. The van der Waals surface area contributed by atoms with Crippen molar-refractivity contribution in [1.82, 2.24) is 4.90 Å². The third kappa shape index (κ3) is 3.57. The first-order chi connectivity index (χ1) is 12.8. The highest BCUT2D eigenvalue weighted by Gasteiger charge is 2.32. The van der Waals surface area contributed by atoms with Gasteiger partial charge >= 0.3 is 0 Å². The maximum atomic E-state index is 11.7. The zero-order valence-corrected chi connectivity index (χ0v) is 15.2. The maximum Gasteiger partial charge on any atom is 0.231 e. The fraction of sp³-hybridized carbons (Fsp3) is 0.455. The van der Waals surface area contributed by atoms with Crippen molar-refractivity contribution >= 4 is 0 Å². The second-order valence-electron chi connectivity index (χ2n) is 7.30. The van der Waals surface area contributed by atoms with Crippen molar-refractivity contribution in [2.45, 2.75) is 37.7 Å². The van der Waals surface area contributed by atoms with Crippen LogP contribution in [0.1, 0.15) is 43.2 Å². The van der Waals surface area contributed by atoms with Gasteiger partial charge in [0.15, 0.2) is 11.5 Å². The summed E-state index contributed by atoms with van der Waals surface area (Å²) in [7, 11) is 0. The second-order valence-corrected chi connectivity index (χ2v) is 7.30. The van der Waals surface area contributed by atoms with Crippen LogP contribution in [0.25, 0.3) is 0 Å². The topological polar surface area (TPSA) is 41.9 Å². The van der Waals surface area contributed by atoms with Crippen molar-refractivity contribution in [2.75, 3.05) is 26.4 Å². The smallest absolute Gasteiger partial charge is 0.231 e. The Bertz CT molecular complexity index is 727. The molecule has 2 aromatic rings. The minimum atomic E-state index is -1.02. The maximum absolute atomic E-state index is 11.7. The number of benzene rings is 2. The fourth-order valence-electron chi connectivity index (χ4n) is 4.06. The first kappa shape index (κ1) is 17.4. The summed E-state index contributed by atoms with van der Waals surface area (Å²) < 4.78 is 10.9.